The van der Waals surface area contributed by atoms with Crippen LogP contribution in [0.15, 0.2) is 48.8 Å². The summed E-state index contributed by atoms with van der Waals surface area (Å²) in [5, 5.41) is 3.31. The van der Waals surface area contributed by atoms with Crippen LogP contribution in [0.1, 0.15) is 11.1 Å². The summed E-state index contributed by atoms with van der Waals surface area (Å²) in [6, 6.07) is 11.4. The van der Waals surface area contributed by atoms with Gasteiger partial charge in [-0.1, -0.05) is 30.3 Å². The van der Waals surface area contributed by atoms with Crippen molar-refractivity contribution in [1.82, 2.24) is 14.8 Å². The van der Waals surface area contributed by atoms with E-state index in [0.29, 0.717) is 26.2 Å². The van der Waals surface area contributed by atoms with Crippen molar-refractivity contribution in [3.63, 3.8) is 0 Å². The van der Waals surface area contributed by atoms with Crippen LogP contribution in [0, 0.1) is 6.92 Å². The zero-order chi connectivity index (χ0) is 19.1. The van der Waals surface area contributed by atoms with Crippen molar-refractivity contribution in [3.05, 3.63) is 59.9 Å². The Morgan fingerprint density at radius 2 is 2.04 bits per heavy atom. The average molecular weight is 368 g/mol. The lowest BCUT2D eigenvalue weighted by molar-refractivity contribution is -0.135. The molecule has 0 saturated carbocycles. The molecule has 142 valence electrons. The van der Waals surface area contributed by atoms with E-state index in [1.165, 1.54) is 4.90 Å². The van der Waals surface area contributed by atoms with Crippen LogP contribution < -0.4 is 5.32 Å². The Hall–Kier alpha value is -3.09. The summed E-state index contributed by atoms with van der Waals surface area (Å²) in [7, 11) is 0. The van der Waals surface area contributed by atoms with Gasteiger partial charge in [0.15, 0.2) is 0 Å². The summed E-state index contributed by atoms with van der Waals surface area (Å²) in [5.74, 6) is -0.0637. The van der Waals surface area contributed by atoms with Gasteiger partial charge in [-0.2, -0.15) is 0 Å². The zero-order valence-corrected chi connectivity index (χ0v) is 15.4. The standard InChI is InChI=1S/C20H24N4O3/c1-16-13-21-8-7-18(16)22-9-10-23-11-12-24(14-19(23)25)20(26)27-15-17-5-3-2-4-6-17/h2-8,13H,9-12,14-15H2,1H3,(H,21,22). The molecule has 27 heavy (non-hydrogen) atoms. The smallest absolute Gasteiger partial charge is 0.410 e. The third kappa shape index (κ3) is 5.20. The van der Waals surface area contributed by atoms with E-state index in [0.717, 1.165) is 16.8 Å². The second-order valence-corrected chi connectivity index (χ2v) is 6.46. The Morgan fingerprint density at radius 3 is 2.78 bits per heavy atom. The van der Waals surface area contributed by atoms with Gasteiger partial charge >= 0.3 is 6.09 Å². The predicted molar refractivity (Wildman–Crippen MR) is 102 cm³/mol. The SMILES string of the molecule is Cc1cnccc1NCCN1CCN(C(=O)OCc2ccccc2)CC1=O. The number of piperazine rings is 1. The number of hydrogen-bond acceptors (Lipinski definition) is 5. The molecule has 0 spiro atoms. The van der Waals surface area contributed by atoms with Gasteiger partial charge in [0.2, 0.25) is 5.91 Å². The Balaban J connectivity index is 1.41. The van der Waals surface area contributed by atoms with E-state index >= 15 is 0 Å². The van der Waals surface area contributed by atoms with Crippen LogP contribution in [-0.4, -0.2) is 59.5 Å². The van der Waals surface area contributed by atoms with Gasteiger partial charge in [0.25, 0.3) is 0 Å². The highest BCUT2D eigenvalue weighted by molar-refractivity contribution is 5.83. The molecule has 1 aromatic carbocycles. The van der Waals surface area contributed by atoms with E-state index in [1.807, 2.05) is 43.3 Å². The Morgan fingerprint density at radius 1 is 1.22 bits per heavy atom. The highest BCUT2D eigenvalue weighted by Gasteiger charge is 2.27. The number of carbonyl (C=O) groups excluding carboxylic acids is 2. The van der Waals surface area contributed by atoms with E-state index in [4.69, 9.17) is 4.74 Å². The van der Waals surface area contributed by atoms with Crippen LogP contribution in [0.4, 0.5) is 10.5 Å². The topological polar surface area (TPSA) is 74.8 Å². The summed E-state index contributed by atoms with van der Waals surface area (Å²) >= 11 is 0. The van der Waals surface area contributed by atoms with Gasteiger partial charge < -0.3 is 15.0 Å². The van der Waals surface area contributed by atoms with Crippen molar-refractivity contribution in [3.8, 4) is 0 Å². The lowest BCUT2D eigenvalue weighted by Crippen LogP contribution is -2.53. The number of aryl methyl sites for hydroxylation is 1. The minimum Gasteiger partial charge on any atom is -0.445 e. The second kappa shape index (κ2) is 9.02. The molecular formula is C20H24N4O3. The van der Waals surface area contributed by atoms with Crippen molar-refractivity contribution in [2.45, 2.75) is 13.5 Å². The fourth-order valence-corrected chi connectivity index (χ4v) is 2.91. The van der Waals surface area contributed by atoms with Crippen LogP contribution in [0.3, 0.4) is 0 Å². The molecule has 0 atom stereocenters. The predicted octanol–water partition coefficient (Wildman–Crippen LogP) is 2.28. The van der Waals surface area contributed by atoms with Gasteiger partial charge in [0, 0.05) is 44.3 Å². The van der Waals surface area contributed by atoms with Crippen LogP contribution in [0.2, 0.25) is 0 Å². The second-order valence-electron chi connectivity index (χ2n) is 6.46. The summed E-state index contributed by atoms with van der Waals surface area (Å²) in [5.41, 5.74) is 3.00. The third-order valence-corrected chi connectivity index (χ3v) is 4.50. The molecule has 1 aliphatic heterocycles. The molecule has 1 aliphatic rings. The summed E-state index contributed by atoms with van der Waals surface area (Å²) in [6.45, 7) is 4.48. The number of nitrogens with one attached hydrogen (secondary N) is 1. The number of rotatable bonds is 6. The molecule has 2 aromatic rings. The molecule has 0 radical (unpaired) electrons. The van der Waals surface area contributed by atoms with Crippen LogP contribution >= 0.6 is 0 Å². The number of amides is 2. The van der Waals surface area contributed by atoms with Crippen molar-refractivity contribution in [2.75, 3.05) is 38.0 Å². The van der Waals surface area contributed by atoms with Crippen molar-refractivity contribution < 1.29 is 14.3 Å². The van der Waals surface area contributed by atoms with E-state index in [2.05, 4.69) is 10.3 Å². The molecule has 0 unspecified atom stereocenters. The maximum absolute atomic E-state index is 12.3. The minimum absolute atomic E-state index is 0.0574. The van der Waals surface area contributed by atoms with Gasteiger partial charge in [0.05, 0.1) is 0 Å². The highest BCUT2D eigenvalue weighted by Crippen LogP contribution is 2.12. The van der Waals surface area contributed by atoms with E-state index < -0.39 is 6.09 Å². The fraction of sp³-hybridized carbons (Fsp3) is 0.350. The van der Waals surface area contributed by atoms with Crippen LogP contribution in [0.5, 0.6) is 0 Å². The average Bonchev–Trinajstić information content (AvgIpc) is 2.69. The summed E-state index contributed by atoms with van der Waals surface area (Å²) in [6.07, 6.45) is 3.09. The van der Waals surface area contributed by atoms with Crippen LogP contribution in [-0.2, 0) is 16.1 Å². The van der Waals surface area contributed by atoms with Crippen molar-refractivity contribution >= 4 is 17.7 Å². The lowest BCUT2D eigenvalue weighted by atomic mass is 10.2. The van der Waals surface area contributed by atoms with E-state index in [9.17, 15) is 9.59 Å². The van der Waals surface area contributed by atoms with Crippen molar-refractivity contribution in [2.24, 2.45) is 0 Å². The monoisotopic (exact) mass is 368 g/mol. The molecule has 1 saturated heterocycles. The molecule has 0 bridgehead atoms. The van der Waals surface area contributed by atoms with Gasteiger partial charge in [0.1, 0.15) is 13.2 Å². The number of anilines is 1. The zero-order valence-electron chi connectivity index (χ0n) is 15.4. The van der Waals surface area contributed by atoms with Crippen molar-refractivity contribution in [1.29, 1.82) is 0 Å². The first-order chi connectivity index (χ1) is 13.1. The number of carbonyl (C=O) groups is 2. The molecule has 0 aliphatic carbocycles. The first-order valence-electron chi connectivity index (χ1n) is 9.01. The van der Waals surface area contributed by atoms with E-state index in [1.54, 1.807) is 17.3 Å². The number of ether oxygens (including phenoxy) is 1. The Labute approximate surface area is 158 Å². The maximum atomic E-state index is 12.3. The number of aromatic nitrogens is 1. The fourth-order valence-electron chi connectivity index (χ4n) is 2.91. The summed E-state index contributed by atoms with van der Waals surface area (Å²) < 4.78 is 5.30. The molecule has 1 aromatic heterocycles. The first-order valence-corrected chi connectivity index (χ1v) is 9.01. The quantitative estimate of drug-likeness (QED) is 0.847. The molecule has 1 N–H and O–H groups in total. The molecule has 2 amide bonds. The maximum Gasteiger partial charge on any atom is 0.410 e. The van der Waals surface area contributed by atoms with E-state index in [-0.39, 0.29) is 19.1 Å². The molecule has 7 nitrogen and oxygen atoms in total. The number of nitrogens with zero attached hydrogens (tertiary/aromatic N) is 3. The molecule has 7 heteroatoms. The molecule has 2 heterocycles. The summed E-state index contributed by atoms with van der Waals surface area (Å²) in [4.78, 5) is 31.8. The Kier molecular flexibility index (Phi) is 6.25. The molecule has 3 rings (SSSR count). The van der Waals surface area contributed by atoms with Gasteiger partial charge in [-0.05, 0) is 24.1 Å². The third-order valence-electron chi connectivity index (χ3n) is 4.50. The number of benzene rings is 1. The van der Waals surface area contributed by atoms with Crippen LogP contribution in [0.25, 0.3) is 0 Å². The molecule has 1 fully saturated rings. The normalized spacial score (nSPS) is 14.2. The van der Waals surface area contributed by atoms with Gasteiger partial charge in [-0.3, -0.25) is 14.7 Å². The van der Waals surface area contributed by atoms with Gasteiger partial charge in [-0.25, -0.2) is 4.79 Å². The Bertz CT molecular complexity index is 782. The molecular weight excluding hydrogens is 344 g/mol. The largest absolute Gasteiger partial charge is 0.445 e. The number of hydrogen-bond donors (Lipinski definition) is 1. The lowest BCUT2D eigenvalue weighted by Gasteiger charge is -2.33. The number of pyridine rings is 1. The first kappa shape index (κ1) is 18.7. The highest BCUT2D eigenvalue weighted by atomic mass is 16.6. The minimum atomic E-state index is -0.447. The van der Waals surface area contributed by atoms with Gasteiger partial charge in [-0.15, -0.1) is 0 Å².